The summed E-state index contributed by atoms with van der Waals surface area (Å²) in [5, 5.41) is 3.36. The van der Waals surface area contributed by atoms with Gasteiger partial charge in [-0.3, -0.25) is 0 Å². The number of rotatable bonds is 4. The Morgan fingerprint density at radius 3 is 2.95 bits per heavy atom. The van der Waals surface area contributed by atoms with E-state index in [9.17, 15) is 0 Å². The zero-order valence-corrected chi connectivity index (χ0v) is 13.4. The van der Waals surface area contributed by atoms with E-state index in [0.717, 1.165) is 30.4 Å². The van der Waals surface area contributed by atoms with Crippen LogP contribution >= 0.6 is 15.9 Å². The molecular formula is C16H20BrN3. The molecule has 20 heavy (non-hydrogen) atoms. The molecule has 2 aromatic rings. The van der Waals surface area contributed by atoms with Gasteiger partial charge in [-0.1, -0.05) is 13.0 Å². The van der Waals surface area contributed by atoms with Crippen LogP contribution < -0.4 is 5.32 Å². The van der Waals surface area contributed by atoms with Gasteiger partial charge in [-0.05, 0) is 65.9 Å². The molecule has 1 heterocycles. The summed E-state index contributed by atoms with van der Waals surface area (Å²) in [6.45, 7) is 4.03. The second kappa shape index (κ2) is 6.10. The lowest BCUT2D eigenvalue weighted by Gasteiger charge is -2.15. The highest BCUT2D eigenvalue weighted by molar-refractivity contribution is 9.10. The summed E-state index contributed by atoms with van der Waals surface area (Å²) in [6, 6.07) is 6.58. The number of halogens is 1. The van der Waals surface area contributed by atoms with E-state index in [4.69, 9.17) is 0 Å². The minimum Gasteiger partial charge on any atom is -0.313 e. The summed E-state index contributed by atoms with van der Waals surface area (Å²) in [5.41, 5.74) is 5.16. The van der Waals surface area contributed by atoms with Crippen LogP contribution in [0.15, 0.2) is 29.0 Å². The van der Waals surface area contributed by atoms with Crippen molar-refractivity contribution in [2.45, 2.75) is 39.2 Å². The standard InChI is InChI=1S/C16H20BrN3/c1-2-18-10-12-7-8-15(13(17)9-12)20-11-19-14-5-3-4-6-16(14)20/h7-9,11,18H,2-6,10H2,1H3. The van der Waals surface area contributed by atoms with Crippen LogP contribution in [-0.4, -0.2) is 16.1 Å². The van der Waals surface area contributed by atoms with Gasteiger partial charge in [0.15, 0.2) is 0 Å². The monoisotopic (exact) mass is 333 g/mol. The molecule has 0 bridgehead atoms. The van der Waals surface area contributed by atoms with Crippen LogP contribution in [0.5, 0.6) is 0 Å². The van der Waals surface area contributed by atoms with Gasteiger partial charge in [0.1, 0.15) is 0 Å². The lowest BCUT2D eigenvalue weighted by Crippen LogP contribution is -2.12. The number of nitrogens with one attached hydrogen (secondary N) is 1. The number of hydrogen-bond donors (Lipinski definition) is 1. The first kappa shape index (κ1) is 13.8. The van der Waals surface area contributed by atoms with Crippen molar-refractivity contribution in [1.82, 2.24) is 14.9 Å². The molecule has 0 saturated carbocycles. The van der Waals surface area contributed by atoms with Crippen LogP contribution in [0.25, 0.3) is 5.69 Å². The molecule has 0 unspecified atom stereocenters. The molecule has 0 atom stereocenters. The smallest absolute Gasteiger partial charge is 0.0998 e. The maximum Gasteiger partial charge on any atom is 0.0998 e. The van der Waals surface area contributed by atoms with Gasteiger partial charge in [0.2, 0.25) is 0 Å². The molecule has 0 radical (unpaired) electrons. The van der Waals surface area contributed by atoms with Crippen molar-refractivity contribution >= 4 is 15.9 Å². The van der Waals surface area contributed by atoms with Crippen molar-refractivity contribution in [3.63, 3.8) is 0 Å². The summed E-state index contributed by atoms with van der Waals surface area (Å²) in [4.78, 5) is 4.58. The molecule has 0 saturated heterocycles. The Bertz CT molecular complexity index is 604. The fourth-order valence-corrected chi connectivity index (χ4v) is 3.42. The lowest BCUT2D eigenvalue weighted by molar-refractivity contribution is 0.655. The van der Waals surface area contributed by atoms with Crippen LogP contribution in [0.2, 0.25) is 0 Å². The summed E-state index contributed by atoms with van der Waals surface area (Å²) >= 11 is 3.71. The maximum atomic E-state index is 4.58. The van der Waals surface area contributed by atoms with Gasteiger partial charge in [0, 0.05) is 16.7 Å². The van der Waals surface area contributed by atoms with Gasteiger partial charge in [0.05, 0.1) is 17.7 Å². The summed E-state index contributed by atoms with van der Waals surface area (Å²) in [5.74, 6) is 0. The van der Waals surface area contributed by atoms with E-state index in [2.05, 4.69) is 55.9 Å². The third kappa shape index (κ3) is 2.67. The number of benzene rings is 1. The fraction of sp³-hybridized carbons (Fsp3) is 0.438. The molecule has 0 fully saturated rings. The minimum absolute atomic E-state index is 0.914. The number of fused-ring (bicyclic) bond motifs is 1. The summed E-state index contributed by atoms with van der Waals surface area (Å²) < 4.78 is 3.38. The Balaban J connectivity index is 1.92. The van der Waals surface area contributed by atoms with Crippen molar-refractivity contribution in [3.8, 4) is 5.69 Å². The molecule has 0 amide bonds. The van der Waals surface area contributed by atoms with Gasteiger partial charge in [-0.2, -0.15) is 0 Å². The molecule has 1 aliphatic rings. The third-order valence-corrected chi connectivity index (χ3v) is 4.52. The third-order valence-electron chi connectivity index (χ3n) is 3.88. The predicted molar refractivity (Wildman–Crippen MR) is 85.3 cm³/mol. The first-order valence-electron chi connectivity index (χ1n) is 7.34. The highest BCUT2D eigenvalue weighted by atomic mass is 79.9. The Morgan fingerprint density at radius 2 is 2.15 bits per heavy atom. The molecule has 0 spiro atoms. The van der Waals surface area contributed by atoms with E-state index in [1.165, 1.54) is 35.5 Å². The number of hydrogen-bond acceptors (Lipinski definition) is 2. The molecule has 0 aliphatic heterocycles. The Kier molecular flexibility index (Phi) is 4.22. The normalized spacial score (nSPS) is 14.3. The largest absolute Gasteiger partial charge is 0.313 e. The Morgan fingerprint density at radius 1 is 1.30 bits per heavy atom. The fourth-order valence-electron chi connectivity index (χ4n) is 2.80. The van der Waals surface area contributed by atoms with Gasteiger partial charge in [-0.15, -0.1) is 0 Å². The highest BCUT2D eigenvalue weighted by Gasteiger charge is 2.17. The van der Waals surface area contributed by atoms with Gasteiger partial charge in [0.25, 0.3) is 0 Å². The minimum atomic E-state index is 0.914. The molecule has 3 rings (SSSR count). The summed E-state index contributed by atoms with van der Waals surface area (Å²) in [7, 11) is 0. The molecule has 1 N–H and O–H groups in total. The van der Waals surface area contributed by atoms with Gasteiger partial charge in [-0.25, -0.2) is 4.98 Å². The predicted octanol–water partition coefficient (Wildman–Crippen LogP) is 3.62. The van der Waals surface area contributed by atoms with E-state index in [0.29, 0.717) is 0 Å². The van der Waals surface area contributed by atoms with Crippen molar-refractivity contribution in [2.75, 3.05) is 6.54 Å². The Labute approximate surface area is 128 Å². The first-order chi connectivity index (χ1) is 9.79. The van der Waals surface area contributed by atoms with E-state index in [1.807, 2.05) is 6.33 Å². The number of aryl methyl sites for hydroxylation is 1. The number of imidazole rings is 1. The molecular weight excluding hydrogens is 314 g/mol. The van der Waals surface area contributed by atoms with Crippen molar-refractivity contribution in [1.29, 1.82) is 0 Å². The maximum absolute atomic E-state index is 4.58. The second-order valence-electron chi connectivity index (χ2n) is 5.28. The van der Waals surface area contributed by atoms with Gasteiger partial charge >= 0.3 is 0 Å². The zero-order chi connectivity index (χ0) is 13.9. The molecule has 3 nitrogen and oxygen atoms in total. The molecule has 1 aromatic carbocycles. The van der Waals surface area contributed by atoms with E-state index in [1.54, 1.807) is 0 Å². The van der Waals surface area contributed by atoms with Crippen LogP contribution in [0.1, 0.15) is 36.7 Å². The van der Waals surface area contributed by atoms with E-state index < -0.39 is 0 Å². The van der Waals surface area contributed by atoms with Crippen molar-refractivity contribution in [2.24, 2.45) is 0 Å². The van der Waals surface area contributed by atoms with Crippen LogP contribution in [0, 0.1) is 0 Å². The average Bonchev–Trinajstić information content (AvgIpc) is 2.89. The van der Waals surface area contributed by atoms with Crippen molar-refractivity contribution in [3.05, 3.63) is 46.0 Å². The first-order valence-corrected chi connectivity index (χ1v) is 8.13. The number of aromatic nitrogens is 2. The zero-order valence-electron chi connectivity index (χ0n) is 11.8. The second-order valence-corrected chi connectivity index (χ2v) is 6.14. The molecule has 4 heteroatoms. The average molecular weight is 334 g/mol. The Hall–Kier alpha value is -1.13. The van der Waals surface area contributed by atoms with Crippen LogP contribution in [0.4, 0.5) is 0 Å². The van der Waals surface area contributed by atoms with Crippen LogP contribution in [0.3, 0.4) is 0 Å². The summed E-state index contributed by atoms with van der Waals surface area (Å²) in [6.07, 6.45) is 6.78. The highest BCUT2D eigenvalue weighted by Crippen LogP contribution is 2.28. The van der Waals surface area contributed by atoms with Gasteiger partial charge < -0.3 is 9.88 Å². The SMILES string of the molecule is CCNCc1ccc(-n2cnc3c2CCCC3)c(Br)c1. The van der Waals surface area contributed by atoms with E-state index in [-0.39, 0.29) is 0 Å². The van der Waals surface area contributed by atoms with Crippen molar-refractivity contribution < 1.29 is 0 Å². The molecule has 1 aromatic heterocycles. The topological polar surface area (TPSA) is 29.9 Å². The molecule has 106 valence electrons. The molecule has 1 aliphatic carbocycles. The number of nitrogens with zero attached hydrogens (tertiary/aromatic N) is 2. The van der Waals surface area contributed by atoms with E-state index >= 15 is 0 Å². The quantitative estimate of drug-likeness (QED) is 0.925. The lowest BCUT2D eigenvalue weighted by atomic mass is 10.0. The van der Waals surface area contributed by atoms with Crippen LogP contribution in [-0.2, 0) is 19.4 Å².